The van der Waals surface area contributed by atoms with Crippen LogP contribution in [0.5, 0.6) is 0 Å². The van der Waals surface area contributed by atoms with Gasteiger partial charge in [-0.25, -0.2) is 8.89 Å². The molecule has 7 nitrogen and oxygen atoms in total. The lowest BCUT2D eigenvalue weighted by Crippen LogP contribution is -2.37. The van der Waals surface area contributed by atoms with Crippen molar-refractivity contribution in [1.82, 2.24) is 19.4 Å². The van der Waals surface area contributed by atoms with E-state index in [1.807, 2.05) is 41.3 Å². The maximum Gasteiger partial charge on any atom is 0.258 e. The molecule has 0 saturated carbocycles. The van der Waals surface area contributed by atoms with Crippen molar-refractivity contribution in [2.45, 2.75) is 18.8 Å². The monoisotopic (exact) mass is 420 g/mol. The van der Waals surface area contributed by atoms with Crippen molar-refractivity contribution >= 4 is 38.7 Å². The number of carbonyl (C=O) groups excluding carboxylic acids is 2. The number of fused-ring (bicyclic) bond motifs is 1. The van der Waals surface area contributed by atoms with Crippen molar-refractivity contribution in [2.24, 2.45) is 0 Å². The van der Waals surface area contributed by atoms with Crippen LogP contribution in [0.1, 0.15) is 34.7 Å². The Bertz CT molecular complexity index is 1190. The molecule has 1 unspecified atom stereocenters. The molecule has 1 saturated heterocycles. The van der Waals surface area contributed by atoms with Crippen LogP contribution < -0.4 is 4.72 Å². The molecule has 3 heterocycles. The van der Waals surface area contributed by atoms with Crippen LogP contribution >= 0.6 is 0 Å². The Morgan fingerprint density at radius 2 is 1.87 bits per heavy atom. The molecule has 2 aliphatic heterocycles. The molecule has 1 aromatic heterocycles. The molecule has 0 aliphatic carbocycles. The summed E-state index contributed by atoms with van der Waals surface area (Å²) < 4.78 is 16.0. The predicted octanol–water partition coefficient (Wildman–Crippen LogP) is 2.65. The highest BCUT2D eigenvalue weighted by Crippen LogP contribution is 2.31. The molecule has 152 valence electrons. The summed E-state index contributed by atoms with van der Waals surface area (Å²) >= 11 is 0. The van der Waals surface area contributed by atoms with Gasteiger partial charge in [0.15, 0.2) is 16.0 Å². The number of hydrogen-bond donors (Lipinski definition) is 1. The molecule has 2 amide bonds. The summed E-state index contributed by atoms with van der Waals surface area (Å²) in [5.41, 5.74) is 2.76. The molecule has 0 radical (unpaired) electrons. The standard InChI is InChI=1S/C22H20N4O3S/c27-20-13-21(30(29)24-20)26-19-7-6-17(12-18(19)14-23-26)15-8-10-25(11-9-15)22(28)16-4-2-1-3-5-16/h1-7,12-15H,8-11H2,(H,24,27). The molecule has 30 heavy (non-hydrogen) atoms. The first-order valence-corrected chi connectivity index (χ1v) is 11.0. The van der Waals surface area contributed by atoms with E-state index in [1.165, 1.54) is 11.6 Å². The van der Waals surface area contributed by atoms with Crippen LogP contribution in [0.4, 0.5) is 0 Å². The second kappa shape index (κ2) is 7.53. The van der Waals surface area contributed by atoms with E-state index in [1.54, 1.807) is 10.9 Å². The molecule has 0 spiro atoms. The average molecular weight is 420 g/mol. The number of amides is 2. The van der Waals surface area contributed by atoms with Gasteiger partial charge in [0.2, 0.25) is 0 Å². The van der Waals surface area contributed by atoms with Crippen LogP contribution in [0.15, 0.2) is 60.8 Å². The van der Waals surface area contributed by atoms with Crippen LogP contribution in [0.3, 0.4) is 0 Å². The van der Waals surface area contributed by atoms with Crippen molar-refractivity contribution < 1.29 is 13.8 Å². The zero-order chi connectivity index (χ0) is 20.7. The van der Waals surface area contributed by atoms with Crippen LogP contribution in [-0.2, 0) is 15.8 Å². The highest BCUT2D eigenvalue weighted by Gasteiger charge is 2.26. The van der Waals surface area contributed by atoms with E-state index in [0.29, 0.717) is 10.9 Å². The van der Waals surface area contributed by atoms with Crippen molar-refractivity contribution in [2.75, 3.05) is 13.1 Å². The number of rotatable bonds is 3. The molecule has 8 heteroatoms. The molecule has 1 atom stereocenters. The first-order valence-electron chi connectivity index (χ1n) is 9.86. The van der Waals surface area contributed by atoms with E-state index >= 15 is 0 Å². The minimum Gasteiger partial charge on any atom is -0.339 e. The highest BCUT2D eigenvalue weighted by atomic mass is 32.2. The van der Waals surface area contributed by atoms with E-state index in [4.69, 9.17) is 0 Å². The molecule has 2 aromatic carbocycles. The maximum atomic E-state index is 12.7. The average Bonchev–Trinajstić information content (AvgIpc) is 3.35. The Morgan fingerprint density at radius 3 is 2.57 bits per heavy atom. The molecule has 0 bridgehead atoms. The quantitative estimate of drug-likeness (QED) is 0.706. The number of aromatic nitrogens is 2. The van der Waals surface area contributed by atoms with Gasteiger partial charge < -0.3 is 4.90 Å². The molecule has 3 aromatic rings. The van der Waals surface area contributed by atoms with Gasteiger partial charge in [-0.2, -0.15) is 5.10 Å². The van der Waals surface area contributed by atoms with Gasteiger partial charge in [0.1, 0.15) is 0 Å². The second-order valence-corrected chi connectivity index (χ2v) is 8.68. The molecule has 5 rings (SSSR count). The SMILES string of the molecule is O=C1C=C(n2ncc3cc(C4CCN(C(=O)c5ccccc5)CC4)ccc32)S(=O)N1. The Kier molecular flexibility index (Phi) is 4.71. The van der Waals surface area contributed by atoms with Crippen LogP contribution in [0.2, 0.25) is 0 Å². The topological polar surface area (TPSA) is 84.3 Å². The Hall–Kier alpha value is -3.26. The first-order chi connectivity index (χ1) is 14.6. The number of likely N-dealkylation sites (tertiary alicyclic amines) is 1. The molecule has 1 fully saturated rings. The second-order valence-electron chi connectivity index (χ2n) is 7.52. The number of hydrogen-bond acceptors (Lipinski definition) is 4. The maximum absolute atomic E-state index is 12.7. The predicted molar refractivity (Wildman–Crippen MR) is 115 cm³/mol. The Balaban J connectivity index is 1.32. The van der Waals surface area contributed by atoms with Crippen molar-refractivity contribution in [3.63, 3.8) is 0 Å². The van der Waals surface area contributed by atoms with Gasteiger partial charge in [0.25, 0.3) is 11.8 Å². The minimum absolute atomic E-state index is 0.0896. The number of benzene rings is 2. The van der Waals surface area contributed by atoms with Crippen molar-refractivity contribution in [3.8, 4) is 0 Å². The molecular formula is C22H20N4O3S. The number of nitrogens with zero attached hydrogens (tertiary/aromatic N) is 3. The summed E-state index contributed by atoms with van der Waals surface area (Å²) in [6.07, 6.45) is 4.86. The van der Waals surface area contributed by atoms with Crippen LogP contribution in [0.25, 0.3) is 15.9 Å². The molecule has 1 N–H and O–H groups in total. The zero-order valence-corrected chi connectivity index (χ0v) is 17.0. The van der Waals surface area contributed by atoms with Gasteiger partial charge >= 0.3 is 0 Å². The third-order valence-corrected chi connectivity index (χ3v) is 6.77. The Labute approximate surface area is 176 Å². The lowest BCUT2D eigenvalue weighted by Gasteiger charge is -2.32. The van der Waals surface area contributed by atoms with E-state index in [9.17, 15) is 13.8 Å². The fourth-order valence-electron chi connectivity index (χ4n) is 4.14. The van der Waals surface area contributed by atoms with Crippen LogP contribution in [-0.4, -0.2) is 43.8 Å². The third kappa shape index (κ3) is 3.33. The third-order valence-electron chi connectivity index (χ3n) is 5.71. The minimum atomic E-state index is -1.59. The van der Waals surface area contributed by atoms with Crippen LogP contribution in [0, 0.1) is 0 Å². The summed E-state index contributed by atoms with van der Waals surface area (Å²) in [5, 5.41) is 5.61. The normalized spacial score (nSPS) is 19.7. The summed E-state index contributed by atoms with van der Waals surface area (Å²) in [7, 11) is -1.59. The van der Waals surface area contributed by atoms with Crippen molar-refractivity contribution in [1.29, 1.82) is 0 Å². The van der Waals surface area contributed by atoms with Gasteiger partial charge in [-0.05, 0) is 48.6 Å². The van der Waals surface area contributed by atoms with E-state index < -0.39 is 11.0 Å². The van der Waals surface area contributed by atoms with Crippen molar-refractivity contribution in [3.05, 3.63) is 71.9 Å². The fourth-order valence-corrected chi connectivity index (χ4v) is 5.00. The number of nitrogens with one attached hydrogen (secondary N) is 1. The van der Waals surface area contributed by atoms with Gasteiger partial charge in [-0.1, -0.05) is 24.3 Å². The molecule has 2 aliphatic rings. The summed E-state index contributed by atoms with van der Waals surface area (Å²) in [5.74, 6) is 0.0906. The Morgan fingerprint density at radius 1 is 1.10 bits per heavy atom. The summed E-state index contributed by atoms with van der Waals surface area (Å²) in [6, 6.07) is 15.5. The number of carbonyl (C=O) groups is 2. The number of piperidine rings is 1. The van der Waals surface area contributed by atoms with Gasteiger partial charge in [-0.15, -0.1) is 0 Å². The largest absolute Gasteiger partial charge is 0.339 e. The van der Waals surface area contributed by atoms with Gasteiger partial charge in [-0.3, -0.25) is 14.3 Å². The van der Waals surface area contributed by atoms with Gasteiger partial charge in [0.05, 0.1) is 11.7 Å². The lowest BCUT2D eigenvalue weighted by atomic mass is 9.88. The first kappa shape index (κ1) is 18.7. The summed E-state index contributed by atoms with van der Waals surface area (Å²) in [6.45, 7) is 1.46. The van der Waals surface area contributed by atoms with E-state index in [-0.39, 0.29) is 11.8 Å². The van der Waals surface area contributed by atoms with Gasteiger partial charge in [0, 0.05) is 30.1 Å². The molecular weight excluding hydrogens is 400 g/mol. The smallest absolute Gasteiger partial charge is 0.258 e. The fraction of sp³-hybridized carbons (Fsp3) is 0.227. The summed E-state index contributed by atoms with van der Waals surface area (Å²) in [4.78, 5) is 26.0. The van der Waals surface area contributed by atoms with E-state index in [2.05, 4.69) is 22.0 Å². The lowest BCUT2D eigenvalue weighted by molar-refractivity contribution is -0.114. The highest BCUT2D eigenvalue weighted by molar-refractivity contribution is 7.93. The zero-order valence-electron chi connectivity index (χ0n) is 16.2. The van der Waals surface area contributed by atoms with E-state index in [0.717, 1.165) is 42.4 Å².